The van der Waals surface area contributed by atoms with E-state index in [1.165, 1.54) is 5.69 Å². The van der Waals surface area contributed by atoms with Crippen molar-refractivity contribution in [2.75, 3.05) is 20.2 Å². The summed E-state index contributed by atoms with van der Waals surface area (Å²) in [5.41, 5.74) is 3.39. The highest BCUT2D eigenvalue weighted by Crippen LogP contribution is 2.17. The third-order valence-electron chi connectivity index (χ3n) is 3.88. The molecule has 0 fully saturated rings. The first-order valence-electron chi connectivity index (χ1n) is 8.80. The Morgan fingerprint density at radius 2 is 2.04 bits per heavy atom. The average Bonchev–Trinajstić information content (AvgIpc) is 2.93. The lowest BCUT2D eigenvalue weighted by Crippen LogP contribution is -2.37. The van der Waals surface area contributed by atoms with Gasteiger partial charge < -0.3 is 15.4 Å². The molecule has 0 aliphatic heterocycles. The second-order valence-electron chi connectivity index (χ2n) is 5.90. The van der Waals surface area contributed by atoms with Gasteiger partial charge in [0.1, 0.15) is 5.75 Å². The second-order valence-corrected chi connectivity index (χ2v) is 5.90. The lowest BCUT2D eigenvalue weighted by molar-refractivity contribution is 0.336. The standard InChI is InChI=1S/C19H29N5O/c1-5-25-18-10-7-6-9-17(18)14-22-19(20-4)21-11-8-12-24-16(3)13-15(2)23-24/h6-7,9-10,13H,5,8,11-12,14H2,1-4H3,(H2,20,21,22). The summed E-state index contributed by atoms with van der Waals surface area (Å²) in [4.78, 5) is 4.28. The predicted octanol–water partition coefficient (Wildman–Crippen LogP) is 2.65. The number of para-hydroxylation sites is 1. The molecule has 0 unspecified atom stereocenters. The van der Waals surface area contributed by atoms with E-state index >= 15 is 0 Å². The van der Waals surface area contributed by atoms with Crippen molar-refractivity contribution in [1.29, 1.82) is 0 Å². The van der Waals surface area contributed by atoms with Gasteiger partial charge in [-0.15, -0.1) is 0 Å². The number of rotatable bonds is 8. The predicted molar refractivity (Wildman–Crippen MR) is 102 cm³/mol. The van der Waals surface area contributed by atoms with Gasteiger partial charge in [0.2, 0.25) is 0 Å². The van der Waals surface area contributed by atoms with Gasteiger partial charge in [-0.25, -0.2) is 0 Å². The number of aryl methyl sites for hydroxylation is 3. The first-order valence-corrected chi connectivity index (χ1v) is 8.80. The van der Waals surface area contributed by atoms with Crippen LogP contribution in [0.4, 0.5) is 0 Å². The van der Waals surface area contributed by atoms with E-state index in [4.69, 9.17) is 4.74 Å². The molecule has 136 valence electrons. The molecule has 25 heavy (non-hydrogen) atoms. The summed E-state index contributed by atoms with van der Waals surface area (Å²) < 4.78 is 7.70. The Morgan fingerprint density at radius 3 is 2.72 bits per heavy atom. The third-order valence-corrected chi connectivity index (χ3v) is 3.88. The van der Waals surface area contributed by atoms with E-state index in [9.17, 15) is 0 Å². The number of benzene rings is 1. The molecule has 2 rings (SSSR count). The molecule has 0 atom stereocenters. The minimum atomic E-state index is 0.663. The molecule has 1 heterocycles. The van der Waals surface area contributed by atoms with Gasteiger partial charge in [0.15, 0.2) is 5.96 Å². The minimum absolute atomic E-state index is 0.663. The molecule has 1 aromatic heterocycles. The number of nitrogens with zero attached hydrogens (tertiary/aromatic N) is 3. The molecule has 0 radical (unpaired) electrons. The molecule has 2 N–H and O–H groups in total. The molecule has 0 spiro atoms. The summed E-state index contributed by atoms with van der Waals surface area (Å²) in [5, 5.41) is 11.2. The van der Waals surface area contributed by atoms with E-state index in [0.29, 0.717) is 13.2 Å². The quantitative estimate of drug-likeness (QED) is 0.439. The molecule has 0 aliphatic rings. The van der Waals surface area contributed by atoms with Gasteiger partial charge in [-0.05, 0) is 39.3 Å². The Labute approximate surface area is 150 Å². The van der Waals surface area contributed by atoms with Crippen LogP contribution < -0.4 is 15.4 Å². The van der Waals surface area contributed by atoms with Gasteiger partial charge in [-0.2, -0.15) is 5.10 Å². The average molecular weight is 343 g/mol. The van der Waals surface area contributed by atoms with E-state index in [1.54, 1.807) is 7.05 Å². The van der Waals surface area contributed by atoms with Crippen LogP contribution >= 0.6 is 0 Å². The van der Waals surface area contributed by atoms with E-state index in [0.717, 1.165) is 42.5 Å². The fraction of sp³-hybridized carbons (Fsp3) is 0.474. The molecule has 2 aromatic rings. The molecule has 0 saturated heterocycles. The fourth-order valence-corrected chi connectivity index (χ4v) is 2.68. The summed E-state index contributed by atoms with van der Waals surface area (Å²) in [6.07, 6.45) is 0.984. The SMILES string of the molecule is CCOc1ccccc1CNC(=NC)NCCCn1nc(C)cc1C. The maximum absolute atomic E-state index is 5.65. The molecule has 0 bridgehead atoms. The van der Waals surface area contributed by atoms with Crippen LogP contribution in [0.1, 0.15) is 30.3 Å². The number of hydrogen-bond acceptors (Lipinski definition) is 3. The lowest BCUT2D eigenvalue weighted by atomic mass is 10.2. The van der Waals surface area contributed by atoms with Crippen molar-refractivity contribution >= 4 is 5.96 Å². The van der Waals surface area contributed by atoms with Crippen LogP contribution in [0, 0.1) is 13.8 Å². The van der Waals surface area contributed by atoms with E-state index in [-0.39, 0.29) is 0 Å². The maximum atomic E-state index is 5.65. The van der Waals surface area contributed by atoms with Crippen LogP contribution in [0.25, 0.3) is 0 Å². The van der Waals surface area contributed by atoms with Crippen LogP contribution in [0.3, 0.4) is 0 Å². The number of aromatic nitrogens is 2. The zero-order valence-corrected chi connectivity index (χ0v) is 15.7. The third kappa shape index (κ3) is 5.81. The highest BCUT2D eigenvalue weighted by molar-refractivity contribution is 5.79. The molecule has 0 saturated carbocycles. The topological polar surface area (TPSA) is 63.5 Å². The molecular formula is C19H29N5O. The van der Waals surface area contributed by atoms with Crippen LogP contribution in [-0.2, 0) is 13.1 Å². The van der Waals surface area contributed by atoms with Crippen molar-refractivity contribution in [2.24, 2.45) is 4.99 Å². The number of aliphatic imine (C=N–C) groups is 1. The van der Waals surface area contributed by atoms with Gasteiger partial charge in [-0.3, -0.25) is 9.67 Å². The smallest absolute Gasteiger partial charge is 0.191 e. The van der Waals surface area contributed by atoms with Crippen LogP contribution in [0.5, 0.6) is 5.75 Å². The summed E-state index contributed by atoms with van der Waals surface area (Å²) in [5.74, 6) is 1.71. The summed E-state index contributed by atoms with van der Waals surface area (Å²) >= 11 is 0. The second kappa shape index (κ2) is 9.71. The van der Waals surface area contributed by atoms with E-state index < -0.39 is 0 Å². The zero-order valence-electron chi connectivity index (χ0n) is 15.7. The first-order chi connectivity index (χ1) is 12.1. The summed E-state index contributed by atoms with van der Waals surface area (Å²) in [6, 6.07) is 10.2. The van der Waals surface area contributed by atoms with Gasteiger partial charge >= 0.3 is 0 Å². The van der Waals surface area contributed by atoms with Crippen LogP contribution in [0.15, 0.2) is 35.3 Å². The van der Waals surface area contributed by atoms with Crippen molar-refractivity contribution in [2.45, 2.75) is 40.3 Å². The van der Waals surface area contributed by atoms with Gasteiger partial charge in [-0.1, -0.05) is 18.2 Å². The minimum Gasteiger partial charge on any atom is -0.494 e. The van der Waals surface area contributed by atoms with Crippen molar-refractivity contribution in [3.05, 3.63) is 47.3 Å². The molecule has 6 heteroatoms. The van der Waals surface area contributed by atoms with Gasteiger partial charge in [0, 0.05) is 37.9 Å². The van der Waals surface area contributed by atoms with Crippen LogP contribution in [-0.4, -0.2) is 35.9 Å². The Bertz CT molecular complexity index is 693. The Balaban J connectivity index is 1.76. The summed E-state index contributed by atoms with van der Waals surface area (Å²) in [7, 11) is 1.78. The number of hydrogen-bond donors (Lipinski definition) is 2. The molecule has 0 amide bonds. The Morgan fingerprint density at radius 1 is 1.24 bits per heavy atom. The van der Waals surface area contributed by atoms with Gasteiger partial charge in [0.05, 0.1) is 12.3 Å². The van der Waals surface area contributed by atoms with Crippen molar-refractivity contribution in [1.82, 2.24) is 20.4 Å². The van der Waals surface area contributed by atoms with E-state index in [2.05, 4.69) is 39.8 Å². The monoisotopic (exact) mass is 343 g/mol. The van der Waals surface area contributed by atoms with Crippen molar-refractivity contribution in [3.63, 3.8) is 0 Å². The molecular weight excluding hydrogens is 314 g/mol. The summed E-state index contributed by atoms with van der Waals surface area (Å²) in [6.45, 7) is 9.18. The molecule has 1 aromatic carbocycles. The normalized spacial score (nSPS) is 11.4. The lowest BCUT2D eigenvalue weighted by Gasteiger charge is -2.14. The number of ether oxygens (including phenoxy) is 1. The zero-order chi connectivity index (χ0) is 18.1. The highest BCUT2D eigenvalue weighted by atomic mass is 16.5. The first kappa shape index (κ1) is 18.8. The Kier molecular flexibility index (Phi) is 7.32. The number of nitrogens with one attached hydrogen (secondary N) is 2. The van der Waals surface area contributed by atoms with Gasteiger partial charge in [0.25, 0.3) is 0 Å². The van der Waals surface area contributed by atoms with Crippen LogP contribution in [0.2, 0.25) is 0 Å². The van der Waals surface area contributed by atoms with Crippen molar-refractivity contribution < 1.29 is 4.74 Å². The molecule has 0 aliphatic carbocycles. The molecule has 6 nitrogen and oxygen atoms in total. The largest absolute Gasteiger partial charge is 0.494 e. The van der Waals surface area contributed by atoms with E-state index in [1.807, 2.05) is 36.7 Å². The maximum Gasteiger partial charge on any atom is 0.191 e. The Hall–Kier alpha value is -2.50. The van der Waals surface area contributed by atoms with Crippen molar-refractivity contribution in [3.8, 4) is 5.75 Å². The fourth-order valence-electron chi connectivity index (χ4n) is 2.68. The number of guanidine groups is 1. The highest BCUT2D eigenvalue weighted by Gasteiger charge is 2.04.